The van der Waals surface area contributed by atoms with Crippen LogP contribution in [0.25, 0.3) is 11.5 Å². The number of halogens is 3. The fourth-order valence-corrected chi connectivity index (χ4v) is 3.36. The number of benzene rings is 1. The summed E-state index contributed by atoms with van der Waals surface area (Å²) in [7, 11) is -3.90. The van der Waals surface area contributed by atoms with Crippen molar-refractivity contribution in [2.24, 2.45) is 0 Å². The van der Waals surface area contributed by atoms with Crippen LogP contribution in [0.4, 0.5) is 13.2 Å². The molecule has 3 rings (SSSR count). The highest BCUT2D eigenvalue weighted by molar-refractivity contribution is 7.89. The average Bonchev–Trinajstić information content (AvgIpc) is 3.10. The molecular weight excluding hydrogens is 399 g/mol. The van der Waals surface area contributed by atoms with Crippen LogP contribution in [0.3, 0.4) is 0 Å². The van der Waals surface area contributed by atoms with Gasteiger partial charge < -0.3 is 9.30 Å². The lowest BCUT2D eigenvalue weighted by Gasteiger charge is -2.11. The molecule has 0 saturated carbocycles. The van der Waals surface area contributed by atoms with Gasteiger partial charge in [-0.3, -0.25) is 4.98 Å². The second kappa shape index (κ2) is 7.94. The van der Waals surface area contributed by atoms with Crippen molar-refractivity contribution in [3.05, 3.63) is 55.2 Å². The van der Waals surface area contributed by atoms with Crippen molar-refractivity contribution in [3.8, 4) is 17.3 Å². The minimum Gasteiger partial charge on any atom is -0.406 e. The highest BCUT2D eigenvalue weighted by Gasteiger charge is 2.31. The van der Waals surface area contributed by atoms with E-state index in [4.69, 9.17) is 0 Å². The molecule has 0 amide bonds. The van der Waals surface area contributed by atoms with Gasteiger partial charge in [0, 0.05) is 37.9 Å². The number of nitrogens with zero attached hydrogens (tertiary/aromatic N) is 4. The first-order valence-electron chi connectivity index (χ1n) is 7.88. The number of nitrogens with one attached hydrogen (secondary N) is 1. The van der Waals surface area contributed by atoms with Crippen LogP contribution in [0.15, 0.2) is 60.1 Å². The molecule has 148 valence electrons. The second-order valence-corrected chi connectivity index (χ2v) is 7.22. The van der Waals surface area contributed by atoms with Gasteiger partial charge in [-0.25, -0.2) is 23.1 Å². The Balaban J connectivity index is 1.63. The lowest BCUT2D eigenvalue weighted by Crippen LogP contribution is -2.27. The molecule has 0 aliphatic heterocycles. The van der Waals surface area contributed by atoms with Crippen molar-refractivity contribution in [1.29, 1.82) is 0 Å². The summed E-state index contributed by atoms with van der Waals surface area (Å²) in [5.41, 5.74) is 0.538. The molecule has 0 saturated heterocycles. The van der Waals surface area contributed by atoms with E-state index in [0.717, 1.165) is 24.3 Å². The zero-order chi connectivity index (χ0) is 20.2. The van der Waals surface area contributed by atoms with Crippen LogP contribution in [-0.2, 0) is 16.6 Å². The van der Waals surface area contributed by atoms with E-state index in [2.05, 4.69) is 24.4 Å². The average molecular weight is 413 g/mol. The number of sulfonamides is 1. The standard InChI is InChI=1S/C16H14F3N5O3S/c17-16(18,19)27-12-1-3-13(4-2-12)28(25,26)23-8-10-24-9-7-22-15(24)14-11-20-5-6-21-14/h1-7,9,11,23H,8,10H2. The van der Waals surface area contributed by atoms with Crippen LogP contribution in [0, 0.1) is 0 Å². The molecule has 28 heavy (non-hydrogen) atoms. The Bertz CT molecular complexity index is 1020. The van der Waals surface area contributed by atoms with Crippen LogP contribution in [-0.4, -0.2) is 40.8 Å². The van der Waals surface area contributed by atoms with Gasteiger partial charge in [0.25, 0.3) is 0 Å². The van der Waals surface area contributed by atoms with Gasteiger partial charge in [-0.2, -0.15) is 0 Å². The molecular formula is C16H14F3N5O3S. The predicted molar refractivity (Wildman–Crippen MR) is 91.6 cm³/mol. The molecule has 0 atom stereocenters. The van der Waals surface area contributed by atoms with Crippen molar-refractivity contribution < 1.29 is 26.3 Å². The number of aromatic nitrogens is 4. The van der Waals surface area contributed by atoms with Gasteiger partial charge in [0.05, 0.1) is 11.1 Å². The van der Waals surface area contributed by atoms with Gasteiger partial charge in [0.1, 0.15) is 11.4 Å². The predicted octanol–water partition coefficient (Wildman–Crippen LogP) is 2.22. The minimum atomic E-state index is -4.84. The number of alkyl halides is 3. The van der Waals surface area contributed by atoms with E-state index in [1.165, 1.54) is 18.6 Å². The van der Waals surface area contributed by atoms with E-state index < -0.39 is 22.1 Å². The van der Waals surface area contributed by atoms with E-state index in [1.54, 1.807) is 17.0 Å². The third-order valence-electron chi connectivity index (χ3n) is 3.52. The summed E-state index contributed by atoms with van der Waals surface area (Å²) in [6, 6.07) is 3.94. The fourth-order valence-electron chi connectivity index (χ4n) is 2.34. The number of hydrogen-bond acceptors (Lipinski definition) is 6. The van der Waals surface area contributed by atoms with E-state index >= 15 is 0 Å². The van der Waals surface area contributed by atoms with Crippen molar-refractivity contribution in [2.75, 3.05) is 6.54 Å². The molecule has 0 fully saturated rings. The molecule has 0 unspecified atom stereocenters. The first-order valence-corrected chi connectivity index (χ1v) is 9.36. The molecule has 2 aromatic heterocycles. The van der Waals surface area contributed by atoms with Crippen LogP contribution in [0.5, 0.6) is 5.75 Å². The number of imidazole rings is 1. The highest BCUT2D eigenvalue weighted by atomic mass is 32.2. The molecule has 1 N–H and O–H groups in total. The van der Waals surface area contributed by atoms with Crippen molar-refractivity contribution in [3.63, 3.8) is 0 Å². The smallest absolute Gasteiger partial charge is 0.406 e. The molecule has 0 radical (unpaired) electrons. The number of rotatable bonds is 7. The Labute approximate surface area is 158 Å². The normalized spacial score (nSPS) is 12.1. The number of ether oxygens (including phenoxy) is 1. The maximum Gasteiger partial charge on any atom is 0.573 e. The molecule has 1 aromatic carbocycles. The molecule has 0 aliphatic carbocycles. The van der Waals surface area contributed by atoms with Gasteiger partial charge in [0.2, 0.25) is 10.0 Å². The Morgan fingerprint density at radius 2 is 1.82 bits per heavy atom. The third-order valence-corrected chi connectivity index (χ3v) is 5.00. The zero-order valence-corrected chi connectivity index (χ0v) is 15.0. The molecule has 3 aromatic rings. The topological polar surface area (TPSA) is 99.0 Å². The van der Waals surface area contributed by atoms with Gasteiger partial charge in [0.15, 0.2) is 5.82 Å². The minimum absolute atomic E-state index is 0.0345. The van der Waals surface area contributed by atoms with Crippen molar-refractivity contribution in [1.82, 2.24) is 24.2 Å². The van der Waals surface area contributed by atoms with E-state index in [1.807, 2.05) is 0 Å². The summed E-state index contributed by atoms with van der Waals surface area (Å²) in [5.74, 6) is 0.0272. The largest absolute Gasteiger partial charge is 0.573 e. The summed E-state index contributed by atoms with van der Waals surface area (Å²) in [5, 5.41) is 0. The Morgan fingerprint density at radius 3 is 2.46 bits per heavy atom. The Kier molecular flexibility index (Phi) is 5.61. The Hall–Kier alpha value is -2.99. The lowest BCUT2D eigenvalue weighted by molar-refractivity contribution is -0.274. The van der Waals surface area contributed by atoms with Crippen LogP contribution in [0.2, 0.25) is 0 Å². The van der Waals surface area contributed by atoms with Gasteiger partial charge in [-0.05, 0) is 24.3 Å². The molecule has 0 spiro atoms. The van der Waals surface area contributed by atoms with Gasteiger partial charge in [-0.1, -0.05) is 0 Å². The third kappa shape index (κ3) is 5.04. The molecule has 0 bridgehead atoms. The molecule has 2 heterocycles. The summed E-state index contributed by atoms with van der Waals surface area (Å²) in [4.78, 5) is 12.1. The highest BCUT2D eigenvalue weighted by Crippen LogP contribution is 2.23. The SMILES string of the molecule is O=S(=O)(NCCn1ccnc1-c1cnccn1)c1ccc(OC(F)(F)F)cc1. The first-order chi connectivity index (χ1) is 13.2. The van der Waals surface area contributed by atoms with Crippen LogP contribution >= 0.6 is 0 Å². The summed E-state index contributed by atoms with van der Waals surface area (Å²) < 4.78 is 68.9. The van der Waals surface area contributed by atoms with E-state index in [0.29, 0.717) is 11.5 Å². The zero-order valence-electron chi connectivity index (χ0n) is 14.2. The first kappa shape index (κ1) is 19.8. The molecule has 12 heteroatoms. The van der Waals surface area contributed by atoms with Gasteiger partial charge >= 0.3 is 6.36 Å². The molecule has 0 aliphatic rings. The molecule has 8 nitrogen and oxygen atoms in total. The summed E-state index contributed by atoms with van der Waals surface area (Å²) in [6.07, 6.45) is 2.95. The number of hydrogen-bond donors (Lipinski definition) is 1. The lowest BCUT2D eigenvalue weighted by atomic mass is 10.3. The van der Waals surface area contributed by atoms with Crippen LogP contribution in [0.1, 0.15) is 0 Å². The van der Waals surface area contributed by atoms with Crippen LogP contribution < -0.4 is 9.46 Å². The fraction of sp³-hybridized carbons (Fsp3) is 0.188. The summed E-state index contributed by atoms with van der Waals surface area (Å²) >= 11 is 0. The van der Waals surface area contributed by atoms with Crippen molar-refractivity contribution >= 4 is 10.0 Å². The maximum atomic E-state index is 12.3. The van der Waals surface area contributed by atoms with E-state index in [-0.39, 0.29) is 18.0 Å². The van der Waals surface area contributed by atoms with Gasteiger partial charge in [-0.15, -0.1) is 13.2 Å². The quantitative estimate of drug-likeness (QED) is 0.638. The van der Waals surface area contributed by atoms with Crippen molar-refractivity contribution in [2.45, 2.75) is 17.8 Å². The maximum absolute atomic E-state index is 12.3. The monoisotopic (exact) mass is 413 g/mol. The Morgan fingerprint density at radius 1 is 1.07 bits per heavy atom. The second-order valence-electron chi connectivity index (χ2n) is 5.45. The van der Waals surface area contributed by atoms with E-state index in [9.17, 15) is 21.6 Å². The summed E-state index contributed by atoms with van der Waals surface area (Å²) in [6.45, 7) is 0.299.